The predicted octanol–water partition coefficient (Wildman–Crippen LogP) is 2.04. The first kappa shape index (κ1) is 17.4. The van der Waals surface area contributed by atoms with Gasteiger partial charge in [-0.05, 0) is 30.5 Å². The fourth-order valence-electron chi connectivity index (χ4n) is 3.52. The minimum atomic E-state index is -0.814. The van der Waals surface area contributed by atoms with Crippen molar-refractivity contribution in [2.45, 2.75) is 44.2 Å². The molecule has 7 heteroatoms. The van der Waals surface area contributed by atoms with Crippen molar-refractivity contribution in [2.75, 3.05) is 13.6 Å². The highest BCUT2D eigenvalue weighted by atomic mass is 19.1. The first-order chi connectivity index (χ1) is 11.9. The SMILES string of the molecule is CN(Cc1ccc(F)cc1)C(=O)CN1C(=O)NC2(CCCCC2)C1=O. The van der Waals surface area contributed by atoms with E-state index in [1.807, 2.05) is 0 Å². The van der Waals surface area contributed by atoms with Crippen LogP contribution in [0, 0.1) is 5.82 Å². The molecular weight excluding hydrogens is 325 g/mol. The third-order valence-corrected chi connectivity index (χ3v) is 5.01. The third-order valence-electron chi connectivity index (χ3n) is 5.01. The minimum Gasteiger partial charge on any atom is -0.340 e. The van der Waals surface area contributed by atoms with Gasteiger partial charge >= 0.3 is 6.03 Å². The average molecular weight is 347 g/mol. The molecule has 25 heavy (non-hydrogen) atoms. The lowest BCUT2D eigenvalue weighted by atomic mass is 9.82. The van der Waals surface area contributed by atoms with Crippen molar-refractivity contribution in [2.24, 2.45) is 0 Å². The van der Waals surface area contributed by atoms with Gasteiger partial charge in [0.05, 0.1) is 0 Å². The molecule has 1 heterocycles. The van der Waals surface area contributed by atoms with E-state index in [1.54, 1.807) is 19.2 Å². The van der Waals surface area contributed by atoms with Crippen LogP contribution in [0.2, 0.25) is 0 Å². The number of nitrogens with zero attached hydrogens (tertiary/aromatic N) is 2. The second-order valence-electron chi connectivity index (χ2n) is 6.84. The summed E-state index contributed by atoms with van der Waals surface area (Å²) in [4.78, 5) is 39.7. The van der Waals surface area contributed by atoms with Crippen molar-refractivity contribution in [1.82, 2.24) is 15.1 Å². The van der Waals surface area contributed by atoms with Gasteiger partial charge in [-0.1, -0.05) is 31.4 Å². The number of benzene rings is 1. The molecule has 1 aromatic rings. The molecule has 1 saturated carbocycles. The Morgan fingerprint density at radius 3 is 2.48 bits per heavy atom. The van der Waals surface area contributed by atoms with Gasteiger partial charge in [0, 0.05) is 13.6 Å². The van der Waals surface area contributed by atoms with Crippen molar-refractivity contribution in [1.29, 1.82) is 0 Å². The van der Waals surface area contributed by atoms with E-state index in [-0.39, 0.29) is 30.7 Å². The highest BCUT2D eigenvalue weighted by Gasteiger charge is 2.51. The second-order valence-corrected chi connectivity index (χ2v) is 6.84. The minimum absolute atomic E-state index is 0.274. The summed E-state index contributed by atoms with van der Waals surface area (Å²) in [6.45, 7) is 0.0119. The number of carbonyl (C=O) groups is 3. The molecule has 2 aliphatic rings. The van der Waals surface area contributed by atoms with Crippen LogP contribution in [0.3, 0.4) is 0 Å². The summed E-state index contributed by atoms with van der Waals surface area (Å²) in [7, 11) is 1.60. The maximum atomic E-state index is 12.9. The Balaban J connectivity index is 1.62. The molecule has 1 saturated heterocycles. The van der Waals surface area contributed by atoms with Crippen LogP contribution in [0.4, 0.5) is 9.18 Å². The Morgan fingerprint density at radius 2 is 1.84 bits per heavy atom. The van der Waals surface area contributed by atoms with Crippen LogP contribution in [-0.4, -0.2) is 46.8 Å². The van der Waals surface area contributed by atoms with Gasteiger partial charge in [0.15, 0.2) is 0 Å². The first-order valence-electron chi connectivity index (χ1n) is 8.54. The number of hydrogen-bond acceptors (Lipinski definition) is 3. The summed E-state index contributed by atoms with van der Waals surface area (Å²) in [5, 5.41) is 2.79. The lowest BCUT2D eigenvalue weighted by molar-refractivity contribution is -0.139. The van der Waals surface area contributed by atoms with Gasteiger partial charge in [-0.3, -0.25) is 14.5 Å². The first-order valence-corrected chi connectivity index (χ1v) is 8.54. The molecule has 0 radical (unpaired) electrons. The molecule has 134 valence electrons. The number of amides is 4. The highest BCUT2D eigenvalue weighted by molar-refractivity contribution is 6.09. The molecule has 1 aromatic carbocycles. The highest BCUT2D eigenvalue weighted by Crippen LogP contribution is 2.33. The fourth-order valence-corrected chi connectivity index (χ4v) is 3.52. The number of carbonyl (C=O) groups excluding carboxylic acids is 3. The van der Waals surface area contributed by atoms with E-state index in [1.165, 1.54) is 17.0 Å². The van der Waals surface area contributed by atoms with Crippen molar-refractivity contribution in [3.05, 3.63) is 35.6 Å². The summed E-state index contributed by atoms with van der Waals surface area (Å²) in [6.07, 6.45) is 4.13. The number of hydrogen-bond donors (Lipinski definition) is 1. The Morgan fingerprint density at radius 1 is 1.20 bits per heavy atom. The molecule has 1 N–H and O–H groups in total. The number of nitrogens with one attached hydrogen (secondary N) is 1. The van der Waals surface area contributed by atoms with Gasteiger partial charge in [0.2, 0.25) is 5.91 Å². The normalized spacial score (nSPS) is 19.2. The van der Waals surface area contributed by atoms with Crippen LogP contribution < -0.4 is 5.32 Å². The monoisotopic (exact) mass is 347 g/mol. The molecule has 1 spiro atoms. The Bertz CT molecular complexity index is 683. The summed E-state index contributed by atoms with van der Waals surface area (Å²) < 4.78 is 12.9. The predicted molar refractivity (Wildman–Crippen MR) is 88.9 cm³/mol. The molecule has 0 aromatic heterocycles. The molecular formula is C18H22FN3O3. The van der Waals surface area contributed by atoms with Crippen molar-refractivity contribution in [3.8, 4) is 0 Å². The fraction of sp³-hybridized carbons (Fsp3) is 0.500. The molecule has 1 aliphatic carbocycles. The molecule has 4 amide bonds. The Labute approximate surface area is 146 Å². The Kier molecular flexibility index (Phi) is 4.74. The molecule has 6 nitrogen and oxygen atoms in total. The summed E-state index contributed by atoms with van der Waals surface area (Å²) >= 11 is 0. The zero-order valence-corrected chi connectivity index (χ0v) is 14.3. The van der Waals surface area contributed by atoms with Crippen LogP contribution in [0.25, 0.3) is 0 Å². The third kappa shape index (κ3) is 3.50. The summed E-state index contributed by atoms with van der Waals surface area (Å²) in [6, 6.07) is 5.37. The number of halogens is 1. The number of urea groups is 1. The van der Waals surface area contributed by atoms with Crippen molar-refractivity contribution < 1.29 is 18.8 Å². The van der Waals surface area contributed by atoms with Gasteiger partial charge in [-0.15, -0.1) is 0 Å². The summed E-state index contributed by atoms with van der Waals surface area (Å²) in [5.74, 6) is -0.962. The topological polar surface area (TPSA) is 69.7 Å². The van der Waals surface area contributed by atoms with Crippen molar-refractivity contribution >= 4 is 17.8 Å². The zero-order chi connectivity index (χ0) is 18.0. The second kappa shape index (κ2) is 6.82. The molecule has 0 atom stereocenters. The van der Waals surface area contributed by atoms with Gasteiger partial charge in [-0.25, -0.2) is 9.18 Å². The quantitative estimate of drug-likeness (QED) is 0.848. The van der Waals surface area contributed by atoms with E-state index < -0.39 is 11.6 Å². The Hall–Kier alpha value is -2.44. The standard InChI is InChI=1S/C18H22FN3O3/c1-21(11-13-5-7-14(19)8-6-13)15(23)12-22-16(24)18(20-17(22)25)9-3-2-4-10-18/h5-8H,2-4,9-12H2,1H3,(H,20,25). The van der Waals surface area contributed by atoms with Crippen molar-refractivity contribution in [3.63, 3.8) is 0 Å². The van der Waals surface area contributed by atoms with Crippen LogP contribution >= 0.6 is 0 Å². The molecule has 0 unspecified atom stereocenters. The van der Waals surface area contributed by atoms with E-state index in [2.05, 4.69) is 5.32 Å². The molecule has 3 rings (SSSR count). The number of rotatable bonds is 4. The van der Waals surface area contributed by atoms with Crippen LogP contribution in [0.15, 0.2) is 24.3 Å². The molecule has 1 aliphatic heterocycles. The smallest absolute Gasteiger partial charge is 0.325 e. The van der Waals surface area contributed by atoms with Crippen LogP contribution in [-0.2, 0) is 16.1 Å². The van der Waals surface area contributed by atoms with Gasteiger partial charge in [-0.2, -0.15) is 0 Å². The average Bonchev–Trinajstić information content (AvgIpc) is 2.81. The maximum Gasteiger partial charge on any atom is 0.325 e. The van der Waals surface area contributed by atoms with Gasteiger partial charge in [0.25, 0.3) is 5.91 Å². The number of likely N-dealkylation sites (N-methyl/N-ethyl adjacent to an activating group) is 1. The summed E-state index contributed by atoms with van der Waals surface area (Å²) in [5.41, 5.74) is -0.0382. The van der Waals surface area contributed by atoms with E-state index in [0.29, 0.717) is 12.8 Å². The zero-order valence-electron chi connectivity index (χ0n) is 14.3. The van der Waals surface area contributed by atoms with E-state index in [0.717, 1.165) is 29.7 Å². The van der Waals surface area contributed by atoms with Gasteiger partial charge in [0.1, 0.15) is 17.9 Å². The van der Waals surface area contributed by atoms with Gasteiger partial charge < -0.3 is 10.2 Å². The van der Waals surface area contributed by atoms with Crippen LogP contribution in [0.5, 0.6) is 0 Å². The van der Waals surface area contributed by atoms with Crippen LogP contribution in [0.1, 0.15) is 37.7 Å². The largest absolute Gasteiger partial charge is 0.340 e. The molecule has 0 bridgehead atoms. The van der Waals surface area contributed by atoms with E-state index in [9.17, 15) is 18.8 Å². The van der Waals surface area contributed by atoms with E-state index >= 15 is 0 Å². The molecule has 2 fully saturated rings. The number of imide groups is 1. The maximum absolute atomic E-state index is 12.9. The van der Waals surface area contributed by atoms with E-state index in [4.69, 9.17) is 0 Å². The lowest BCUT2D eigenvalue weighted by Gasteiger charge is -2.30. The lowest BCUT2D eigenvalue weighted by Crippen LogP contribution is -2.49.